The number of nitrogens with one attached hydrogen (secondary N) is 3. The molecule has 132 valence electrons. The highest BCUT2D eigenvalue weighted by Gasteiger charge is 2.17. The summed E-state index contributed by atoms with van der Waals surface area (Å²) in [6.07, 6.45) is 4.92. The van der Waals surface area contributed by atoms with E-state index in [2.05, 4.69) is 20.8 Å². The van der Waals surface area contributed by atoms with Gasteiger partial charge < -0.3 is 10.6 Å². The summed E-state index contributed by atoms with van der Waals surface area (Å²) in [4.78, 5) is 23.7. The van der Waals surface area contributed by atoms with Crippen molar-refractivity contribution in [1.82, 2.24) is 20.8 Å². The Bertz CT molecular complexity index is 705. The van der Waals surface area contributed by atoms with E-state index in [1.54, 1.807) is 0 Å². The number of amides is 2. The Hall–Kier alpha value is -2.63. The van der Waals surface area contributed by atoms with E-state index in [9.17, 15) is 9.59 Å². The maximum atomic E-state index is 11.9. The summed E-state index contributed by atoms with van der Waals surface area (Å²) in [5.41, 5.74) is 2.71. The second-order valence-electron chi connectivity index (χ2n) is 6.47. The van der Waals surface area contributed by atoms with Crippen molar-refractivity contribution >= 4 is 11.8 Å². The molecular formula is C19H24N4O2. The van der Waals surface area contributed by atoms with Crippen LogP contribution in [0.2, 0.25) is 0 Å². The molecule has 25 heavy (non-hydrogen) atoms. The van der Waals surface area contributed by atoms with Crippen LogP contribution in [0.15, 0.2) is 36.4 Å². The maximum Gasteiger partial charge on any atom is 0.220 e. The predicted octanol–water partition coefficient (Wildman–Crippen LogP) is 2.53. The van der Waals surface area contributed by atoms with Gasteiger partial charge in [0.2, 0.25) is 11.8 Å². The normalized spacial score (nSPS) is 14.4. The summed E-state index contributed by atoms with van der Waals surface area (Å²) in [6.45, 7) is 0.378. The lowest BCUT2D eigenvalue weighted by Crippen LogP contribution is -2.33. The van der Waals surface area contributed by atoms with Gasteiger partial charge in [-0.15, -0.1) is 0 Å². The van der Waals surface area contributed by atoms with Crippen LogP contribution in [0.1, 0.15) is 44.2 Å². The molecule has 6 nitrogen and oxygen atoms in total. The zero-order valence-electron chi connectivity index (χ0n) is 14.3. The van der Waals surface area contributed by atoms with Crippen LogP contribution in [0.25, 0.3) is 11.3 Å². The van der Waals surface area contributed by atoms with Crippen LogP contribution in [-0.2, 0) is 16.1 Å². The number of nitrogens with zero attached hydrogens (tertiary/aromatic N) is 1. The predicted molar refractivity (Wildman–Crippen MR) is 95.5 cm³/mol. The topological polar surface area (TPSA) is 86.9 Å². The first-order valence-electron chi connectivity index (χ1n) is 8.86. The number of rotatable bonds is 7. The van der Waals surface area contributed by atoms with E-state index in [0.29, 0.717) is 12.6 Å². The van der Waals surface area contributed by atoms with E-state index in [4.69, 9.17) is 0 Å². The summed E-state index contributed by atoms with van der Waals surface area (Å²) < 4.78 is 0. The zero-order chi connectivity index (χ0) is 17.5. The third-order valence-electron chi connectivity index (χ3n) is 4.48. The van der Waals surface area contributed by atoms with Gasteiger partial charge in [-0.1, -0.05) is 43.2 Å². The molecule has 0 atom stereocenters. The van der Waals surface area contributed by atoms with Crippen molar-refractivity contribution in [3.8, 4) is 11.3 Å². The van der Waals surface area contributed by atoms with Gasteiger partial charge >= 0.3 is 0 Å². The molecule has 0 spiro atoms. The molecule has 1 aliphatic rings. The molecule has 1 aliphatic carbocycles. The van der Waals surface area contributed by atoms with Crippen molar-refractivity contribution in [1.29, 1.82) is 0 Å². The molecule has 2 aromatic rings. The number of hydrogen-bond acceptors (Lipinski definition) is 3. The molecule has 3 N–H and O–H groups in total. The molecule has 1 fully saturated rings. The van der Waals surface area contributed by atoms with E-state index in [-0.39, 0.29) is 24.7 Å². The SMILES string of the molecule is O=C(CCC(=O)NC1CCCC1)NCc1cc(-c2ccccc2)n[nH]1. The monoisotopic (exact) mass is 340 g/mol. The Morgan fingerprint density at radius 2 is 1.80 bits per heavy atom. The van der Waals surface area contributed by atoms with Gasteiger partial charge in [0.25, 0.3) is 0 Å². The lowest BCUT2D eigenvalue weighted by atomic mass is 10.1. The first-order valence-corrected chi connectivity index (χ1v) is 8.86. The number of benzene rings is 1. The molecule has 6 heteroatoms. The fourth-order valence-corrected chi connectivity index (χ4v) is 3.09. The number of aromatic amines is 1. The van der Waals surface area contributed by atoms with Gasteiger partial charge in [-0.3, -0.25) is 14.7 Å². The Morgan fingerprint density at radius 3 is 2.56 bits per heavy atom. The smallest absolute Gasteiger partial charge is 0.220 e. The van der Waals surface area contributed by atoms with Gasteiger partial charge in [-0.25, -0.2) is 0 Å². The Labute approximate surface area is 147 Å². The van der Waals surface area contributed by atoms with Crippen molar-refractivity contribution in [2.45, 2.75) is 51.1 Å². The zero-order valence-corrected chi connectivity index (χ0v) is 14.3. The summed E-state index contributed by atoms with van der Waals surface area (Å²) >= 11 is 0. The third-order valence-corrected chi connectivity index (χ3v) is 4.48. The van der Waals surface area contributed by atoms with Crippen molar-refractivity contribution in [2.75, 3.05) is 0 Å². The molecule has 1 aromatic heterocycles. The van der Waals surface area contributed by atoms with E-state index < -0.39 is 0 Å². The lowest BCUT2D eigenvalue weighted by molar-refractivity contribution is -0.126. The lowest BCUT2D eigenvalue weighted by Gasteiger charge is -2.11. The van der Waals surface area contributed by atoms with Crippen LogP contribution in [-0.4, -0.2) is 28.1 Å². The van der Waals surface area contributed by atoms with Crippen molar-refractivity contribution in [3.05, 3.63) is 42.1 Å². The molecule has 1 aromatic carbocycles. The minimum Gasteiger partial charge on any atom is -0.353 e. The van der Waals surface area contributed by atoms with Gasteiger partial charge in [0.15, 0.2) is 0 Å². The van der Waals surface area contributed by atoms with E-state index in [0.717, 1.165) is 29.8 Å². The molecule has 0 saturated heterocycles. The molecule has 0 radical (unpaired) electrons. The van der Waals surface area contributed by atoms with Crippen molar-refractivity contribution in [2.24, 2.45) is 0 Å². The fraction of sp³-hybridized carbons (Fsp3) is 0.421. The molecule has 3 rings (SSSR count). The first kappa shape index (κ1) is 17.2. The second kappa shape index (κ2) is 8.46. The van der Waals surface area contributed by atoms with Crippen LogP contribution < -0.4 is 10.6 Å². The highest BCUT2D eigenvalue weighted by atomic mass is 16.2. The highest BCUT2D eigenvalue weighted by molar-refractivity contribution is 5.83. The summed E-state index contributed by atoms with van der Waals surface area (Å²) in [7, 11) is 0. The first-order chi connectivity index (χ1) is 12.2. The van der Waals surface area contributed by atoms with Crippen LogP contribution in [0, 0.1) is 0 Å². The van der Waals surface area contributed by atoms with Crippen LogP contribution in [0.5, 0.6) is 0 Å². The maximum absolute atomic E-state index is 11.9. The number of H-pyrrole nitrogens is 1. The number of carbonyl (C=O) groups excluding carboxylic acids is 2. The van der Waals surface area contributed by atoms with Crippen LogP contribution in [0.3, 0.4) is 0 Å². The van der Waals surface area contributed by atoms with Crippen LogP contribution >= 0.6 is 0 Å². The van der Waals surface area contributed by atoms with Crippen molar-refractivity contribution < 1.29 is 9.59 Å². The molecule has 1 heterocycles. The number of aromatic nitrogens is 2. The molecule has 0 bridgehead atoms. The quantitative estimate of drug-likeness (QED) is 0.724. The number of carbonyl (C=O) groups is 2. The van der Waals surface area contributed by atoms with Gasteiger partial charge in [-0.2, -0.15) is 5.10 Å². The third kappa shape index (κ3) is 5.17. The average Bonchev–Trinajstić information content (AvgIpc) is 3.31. The van der Waals surface area contributed by atoms with Gasteiger partial charge in [0.05, 0.1) is 17.9 Å². The average molecular weight is 340 g/mol. The molecule has 0 aliphatic heterocycles. The molecular weight excluding hydrogens is 316 g/mol. The van der Waals surface area contributed by atoms with Gasteiger partial charge in [0.1, 0.15) is 0 Å². The van der Waals surface area contributed by atoms with Gasteiger partial charge in [0, 0.05) is 24.4 Å². The van der Waals surface area contributed by atoms with Crippen molar-refractivity contribution in [3.63, 3.8) is 0 Å². The fourth-order valence-electron chi connectivity index (χ4n) is 3.09. The minimum atomic E-state index is -0.127. The minimum absolute atomic E-state index is 0.0324. The van der Waals surface area contributed by atoms with E-state index in [1.807, 2.05) is 36.4 Å². The summed E-state index contributed by atoms with van der Waals surface area (Å²) in [6, 6.07) is 12.1. The Balaban J connectivity index is 1.39. The Morgan fingerprint density at radius 1 is 1.08 bits per heavy atom. The molecule has 0 unspecified atom stereocenters. The standard InChI is InChI=1S/C19H24N4O2/c24-18(10-11-19(25)21-15-8-4-5-9-15)20-13-16-12-17(23-22-16)14-6-2-1-3-7-14/h1-3,6-7,12,15H,4-5,8-11,13H2,(H,20,24)(H,21,25)(H,22,23). The van der Waals surface area contributed by atoms with E-state index in [1.165, 1.54) is 12.8 Å². The second-order valence-corrected chi connectivity index (χ2v) is 6.47. The highest BCUT2D eigenvalue weighted by Crippen LogP contribution is 2.18. The van der Waals surface area contributed by atoms with Crippen LogP contribution in [0.4, 0.5) is 0 Å². The van der Waals surface area contributed by atoms with Gasteiger partial charge in [-0.05, 0) is 18.9 Å². The summed E-state index contributed by atoms with van der Waals surface area (Å²) in [5.74, 6) is -0.160. The summed E-state index contributed by atoms with van der Waals surface area (Å²) in [5, 5.41) is 13.0. The molecule has 1 saturated carbocycles. The number of hydrogen-bond donors (Lipinski definition) is 3. The largest absolute Gasteiger partial charge is 0.353 e. The Kier molecular flexibility index (Phi) is 5.82. The van der Waals surface area contributed by atoms with E-state index >= 15 is 0 Å². The molecule has 2 amide bonds.